The molecule has 2 heterocycles. The number of carbonyl (C=O) groups excluding carboxylic acids is 1. The Morgan fingerprint density at radius 1 is 0.978 bits per heavy atom. The lowest BCUT2D eigenvalue weighted by Gasteiger charge is -2.51. The van der Waals surface area contributed by atoms with Crippen LogP contribution in [0.1, 0.15) is 49.1 Å². The third-order valence-corrected chi connectivity index (χ3v) is 11.6. The second kappa shape index (κ2) is 14.5. The number of hydrogen-bond acceptors (Lipinski definition) is 6. The first-order valence-corrected chi connectivity index (χ1v) is 17.4. The molecule has 3 fully saturated rings. The summed E-state index contributed by atoms with van der Waals surface area (Å²) in [7, 11) is -3.73. The minimum absolute atomic E-state index is 0.0144. The monoisotopic (exact) mass is 690 g/mol. The van der Waals surface area contributed by atoms with Gasteiger partial charge in [-0.25, -0.2) is 8.42 Å². The number of ether oxygens (including phenoxy) is 1. The summed E-state index contributed by atoms with van der Waals surface area (Å²) in [6.45, 7) is 0.645. The molecule has 1 aliphatic carbocycles. The smallest absolute Gasteiger partial charge is 0.383 e. The Morgan fingerprint density at radius 3 is 2.09 bits per heavy atom. The van der Waals surface area contributed by atoms with E-state index < -0.39 is 15.5 Å². The summed E-state index contributed by atoms with van der Waals surface area (Å²) in [5.41, 5.74) is -3.10. The summed E-state index contributed by atoms with van der Waals surface area (Å²) in [6, 6.07) is 15.0. The fourth-order valence-electron chi connectivity index (χ4n) is 7.38. The Balaban J connectivity index is 1.41. The molecule has 3 aliphatic rings. The molecular formula is C31H39Cl2F3N4O4S. The maximum absolute atomic E-state index is 13.1. The average Bonchev–Trinajstić information content (AvgIpc) is 2.99. The fraction of sp³-hybridized carbons (Fsp3) is 0.581. The molecule has 45 heavy (non-hydrogen) atoms. The van der Waals surface area contributed by atoms with Crippen LogP contribution in [0, 0.1) is 11.8 Å². The van der Waals surface area contributed by atoms with Gasteiger partial charge in [0.15, 0.2) is 0 Å². The summed E-state index contributed by atoms with van der Waals surface area (Å²) in [6.07, 6.45) is 2.24. The maximum Gasteiger partial charge on any atom is 0.511 e. The minimum Gasteiger partial charge on any atom is -0.383 e. The molecule has 2 aliphatic heterocycles. The summed E-state index contributed by atoms with van der Waals surface area (Å²) in [4.78, 5) is 13.0. The zero-order valence-corrected chi connectivity index (χ0v) is 27.2. The van der Waals surface area contributed by atoms with Gasteiger partial charge in [0.2, 0.25) is 5.91 Å². The molecule has 2 saturated heterocycles. The van der Waals surface area contributed by atoms with Crippen LogP contribution in [0.2, 0.25) is 10.0 Å². The van der Waals surface area contributed by atoms with Crippen molar-refractivity contribution in [2.24, 2.45) is 11.8 Å². The topological polar surface area (TPSA) is 99.8 Å². The van der Waals surface area contributed by atoms with Gasteiger partial charge in [-0.3, -0.25) is 4.79 Å². The van der Waals surface area contributed by atoms with Gasteiger partial charge in [-0.2, -0.15) is 17.5 Å². The van der Waals surface area contributed by atoms with Gasteiger partial charge in [0.05, 0.1) is 6.61 Å². The lowest BCUT2D eigenvalue weighted by atomic mass is 9.64. The molecule has 3 N–H and O–H groups in total. The Morgan fingerprint density at radius 2 is 1.56 bits per heavy atom. The van der Waals surface area contributed by atoms with E-state index in [1.54, 1.807) is 7.11 Å². The first-order valence-electron chi connectivity index (χ1n) is 15.2. The minimum atomic E-state index is -5.37. The summed E-state index contributed by atoms with van der Waals surface area (Å²) in [5, 5.41) is 11.7. The molecule has 1 amide bonds. The zero-order valence-electron chi connectivity index (χ0n) is 24.9. The summed E-state index contributed by atoms with van der Waals surface area (Å²) in [5.74, 6) is 0.100. The van der Waals surface area contributed by atoms with Crippen LogP contribution in [0.25, 0.3) is 0 Å². The lowest BCUT2D eigenvalue weighted by molar-refractivity contribution is -0.127. The molecule has 8 nitrogen and oxygen atoms in total. The predicted octanol–water partition coefficient (Wildman–Crippen LogP) is 4.92. The van der Waals surface area contributed by atoms with Gasteiger partial charge in [-0.05, 0) is 72.9 Å². The number of nitrogens with one attached hydrogen (secondary N) is 3. The first kappa shape index (κ1) is 34.4. The zero-order chi connectivity index (χ0) is 32.4. The molecule has 5 atom stereocenters. The molecule has 0 bridgehead atoms. The van der Waals surface area contributed by atoms with Gasteiger partial charge in [-0.15, -0.1) is 0 Å². The van der Waals surface area contributed by atoms with E-state index in [1.807, 2.05) is 48.5 Å². The summed E-state index contributed by atoms with van der Waals surface area (Å²) < 4.78 is 69.1. The molecule has 1 saturated carbocycles. The number of alkyl halides is 3. The molecule has 14 heteroatoms. The number of carbonyl (C=O) groups is 1. The predicted molar refractivity (Wildman–Crippen MR) is 168 cm³/mol. The molecule has 5 rings (SSSR count). The Bertz CT molecular complexity index is 1360. The number of halogens is 5. The highest BCUT2D eigenvalue weighted by molar-refractivity contribution is 7.90. The van der Waals surface area contributed by atoms with Crippen LogP contribution in [-0.2, 0) is 19.6 Å². The van der Waals surface area contributed by atoms with E-state index in [0.717, 1.165) is 24.0 Å². The number of rotatable bonds is 10. The highest BCUT2D eigenvalue weighted by Gasteiger charge is 2.51. The molecule has 248 valence electrons. The van der Waals surface area contributed by atoms with E-state index in [1.165, 1.54) is 0 Å². The third kappa shape index (κ3) is 7.97. The van der Waals surface area contributed by atoms with E-state index in [4.69, 9.17) is 27.9 Å². The number of nitrogens with zero attached hydrogens (tertiary/aromatic N) is 1. The molecule has 0 aromatic heterocycles. The SMILES string of the molecule is COCCNC1CC(C(c2ccc(Cl)cc2)c2ccc(Cl)cc2)CC2C(NC3CCN(S(=O)(=O)C(F)(F)F)CC3)CC(=O)NC12. The third-order valence-electron chi connectivity index (χ3n) is 9.45. The normalized spacial score (nSPS) is 26.9. The number of fused-ring (bicyclic) bond motifs is 1. The second-order valence-electron chi connectivity index (χ2n) is 12.2. The molecule has 2 aromatic rings. The van der Waals surface area contributed by atoms with Crippen molar-refractivity contribution in [1.82, 2.24) is 20.3 Å². The second-order valence-corrected chi connectivity index (χ2v) is 15.0. The number of benzene rings is 2. The van der Waals surface area contributed by atoms with Gasteiger partial charge >= 0.3 is 15.5 Å². The first-order chi connectivity index (χ1) is 21.4. The van der Waals surface area contributed by atoms with Crippen molar-refractivity contribution in [3.05, 3.63) is 69.7 Å². The van der Waals surface area contributed by atoms with E-state index in [-0.39, 0.29) is 80.2 Å². The quantitative estimate of drug-likeness (QED) is 0.307. The van der Waals surface area contributed by atoms with Gasteiger partial charge in [-0.1, -0.05) is 47.5 Å². The largest absolute Gasteiger partial charge is 0.511 e. The van der Waals surface area contributed by atoms with Crippen molar-refractivity contribution in [3.8, 4) is 0 Å². The lowest BCUT2D eigenvalue weighted by Crippen LogP contribution is -2.67. The number of methoxy groups -OCH3 is 1. The number of hydrogen-bond donors (Lipinski definition) is 3. The Labute approximate surface area is 272 Å². The van der Waals surface area contributed by atoms with Crippen molar-refractivity contribution in [3.63, 3.8) is 0 Å². The van der Waals surface area contributed by atoms with Gasteiger partial charge < -0.3 is 20.7 Å². The van der Waals surface area contributed by atoms with Crippen LogP contribution in [-0.4, -0.2) is 81.7 Å². The fourth-order valence-corrected chi connectivity index (χ4v) is 8.62. The van der Waals surface area contributed by atoms with Crippen LogP contribution in [0.4, 0.5) is 13.2 Å². The average molecular weight is 692 g/mol. The number of amides is 1. The van der Waals surface area contributed by atoms with Crippen molar-refractivity contribution in [2.45, 2.75) is 67.7 Å². The highest BCUT2D eigenvalue weighted by atomic mass is 35.5. The van der Waals surface area contributed by atoms with Crippen LogP contribution in [0.15, 0.2) is 48.5 Å². The highest BCUT2D eigenvalue weighted by Crippen LogP contribution is 2.45. The molecule has 0 radical (unpaired) electrons. The van der Waals surface area contributed by atoms with E-state index in [2.05, 4.69) is 16.0 Å². The van der Waals surface area contributed by atoms with Gasteiger partial charge in [0.25, 0.3) is 0 Å². The van der Waals surface area contributed by atoms with E-state index >= 15 is 0 Å². The Hall–Kier alpha value is -1.93. The number of piperidine rings is 2. The molecular weight excluding hydrogens is 652 g/mol. The van der Waals surface area contributed by atoms with Crippen molar-refractivity contribution < 1.29 is 31.1 Å². The van der Waals surface area contributed by atoms with Crippen molar-refractivity contribution in [2.75, 3.05) is 33.4 Å². The van der Waals surface area contributed by atoms with Crippen LogP contribution in [0.3, 0.4) is 0 Å². The van der Waals surface area contributed by atoms with Crippen molar-refractivity contribution in [1.29, 1.82) is 0 Å². The van der Waals surface area contributed by atoms with Gasteiger partial charge in [0.1, 0.15) is 0 Å². The van der Waals surface area contributed by atoms with Gasteiger partial charge in [0, 0.05) is 73.3 Å². The van der Waals surface area contributed by atoms with Crippen LogP contribution in [0.5, 0.6) is 0 Å². The van der Waals surface area contributed by atoms with E-state index in [0.29, 0.717) is 27.5 Å². The molecule has 0 spiro atoms. The standard InChI is InChI=1S/C31H39Cl2F3N4O4S/c1-44-15-12-37-27-17-21(29(19-2-6-22(32)7-3-19)20-4-8-23(33)9-5-20)16-25-26(18-28(41)39-30(25)27)38-24-10-13-40(14-11-24)45(42,43)31(34,35)36/h2-9,21,24-27,29-30,37-38H,10-18H2,1H3,(H,39,41). The Kier molecular flexibility index (Phi) is 11.1. The molecule has 5 unspecified atom stereocenters. The van der Waals surface area contributed by atoms with E-state index in [9.17, 15) is 26.4 Å². The maximum atomic E-state index is 13.1. The van der Waals surface area contributed by atoms with Crippen molar-refractivity contribution >= 4 is 39.1 Å². The molecule has 2 aromatic carbocycles. The number of sulfonamides is 1. The van der Waals surface area contributed by atoms with Crippen LogP contribution < -0.4 is 16.0 Å². The van der Waals surface area contributed by atoms with Crippen LogP contribution >= 0.6 is 23.2 Å². The summed E-state index contributed by atoms with van der Waals surface area (Å²) >= 11 is 12.5.